The molecular formula is C12H21N3O. The first-order valence-corrected chi connectivity index (χ1v) is 5.68. The molecule has 90 valence electrons. The average molecular weight is 223 g/mol. The number of aryl methyl sites for hydroxylation is 2. The molecule has 0 saturated carbocycles. The van der Waals surface area contributed by atoms with Gasteiger partial charge in [-0.15, -0.1) is 0 Å². The number of carbonyl (C=O) groups is 1. The lowest BCUT2D eigenvalue weighted by molar-refractivity contribution is -0.120. The highest BCUT2D eigenvalue weighted by molar-refractivity contribution is 5.85. The zero-order chi connectivity index (χ0) is 12.3. The van der Waals surface area contributed by atoms with Gasteiger partial charge in [-0.2, -0.15) is 5.10 Å². The van der Waals surface area contributed by atoms with Crippen LogP contribution in [0.2, 0.25) is 0 Å². The van der Waals surface area contributed by atoms with Crippen molar-refractivity contribution >= 4 is 5.78 Å². The number of ketones is 1. The van der Waals surface area contributed by atoms with Crippen LogP contribution in [0, 0.1) is 12.8 Å². The Morgan fingerprint density at radius 3 is 2.62 bits per heavy atom. The van der Waals surface area contributed by atoms with Crippen molar-refractivity contribution in [1.82, 2.24) is 9.78 Å². The molecule has 1 heterocycles. The highest BCUT2D eigenvalue weighted by Gasteiger charge is 2.17. The van der Waals surface area contributed by atoms with Crippen LogP contribution in [0.4, 0.5) is 0 Å². The van der Waals surface area contributed by atoms with Crippen LogP contribution >= 0.6 is 0 Å². The maximum absolute atomic E-state index is 11.8. The van der Waals surface area contributed by atoms with Gasteiger partial charge in [-0.1, -0.05) is 13.8 Å². The summed E-state index contributed by atoms with van der Waals surface area (Å²) in [5.41, 5.74) is 7.71. The number of hydrogen-bond acceptors (Lipinski definition) is 3. The van der Waals surface area contributed by atoms with Gasteiger partial charge in [0.25, 0.3) is 0 Å². The van der Waals surface area contributed by atoms with Gasteiger partial charge in [0.05, 0.1) is 11.7 Å². The van der Waals surface area contributed by atoms with Gasteiger partial charge < -0.3 is 5.73 Å². The Labute approximate surface area is 96.8 Å². The van der Waals surface area contributed by atoms with Crippen LogP contribution < -0.4 is 5.73 Å². The highest BCUT2D eigenvalue weighted by Crippen LogP contribution is 2.08. The van der Waals surface area contributed by atoms with Crippen molar-refractivity contribution < 1.29 is 4.79 Å². The molecule has 16 heavy (non-hydrogen) atoms. The Morgan fingerprint density at radius 2 is 2.19 bits per heavy atom. The van der Waals surface area contributed by atoms with E-state index in [1.54, 1.807) is 4.68 Å². The van der Waals surface area contributed by atoms with Crippen molar-refractivity contribution in [3.8, 4) is 0 Å². The molecule has 0 radical (unpaired) electrons. The molecule has 1 unspecified atom stereocenters. The topological polar surface area (TPSA) is 60.9 Å². The van der Waals surface area contributed by atoms with Gasteiger partial charge in [0.15, 0.2) is 5.78 Å². The van der Waals surface area contributed by atoms with Gasteiger partial charge in [-0.25, -0.2) is 0 Å². The van der Waals surface area contributed by atoms with Gasteiger partial charge in [-0.3, -0.25) is 9.48 Å². The molecule has 2 N–H and O–H groups in total. The summed E-state index contributed by atoms with van der Waals surface area (Å²) in [5, 5.41) is 4.21. The van der Waals surface area contributed by atoms with E-state index in [1.165, 1.54) is 0 Å². The third-order valence-corrected chi connectivity index (χ3v) is 2.59. The molecular weight excluding hydrogens is 202 g/mol. The van der Waals surface area contributed by atoms with Crippen molar-refractivity contribution in [3.05, 3.63) is 17.5 Å². The minimum atomic E-state index is -0.352. The fraction of sp³-hybridized carbons (Fsp3) is 0.667. The second-order valence-electron chi connectivity index (χ2n) is 4.78. The maximum Gasteiger partial charge on any atom is 0.155 e. The van der Waals surface area contributed by atoms with Crippen LogP contribution in [0.25, 0.3) is 0 Å². The smallest absolute Gasteiger partial charge is 0.155 e. The van der Waals surface area contributed by atoms with E-state index in [-0.39, 0.29) is 11.8 Å². The molecule has 0 amide bonds. The van der Waals surface area contributed by atoms with E-state index in [4.69, 9.17) is 5.73 Å². The van der Waals surface area contributed by atoms with Crippen molar-refractivity contribution in [2.45, 2.75) is 39.7 Å². The largest absolute Gasteiger partial charge is 0.321 e. The van der Waals surface area contributed by atoms with Crippen molar-refractivity contribution in [3.63, 3.8) is 0 Å². The van der Waals surface area contributed by atoms with Crippen LogP contribution in [0.3, 0.4) is 0 Å². The molecule has 0 bridgehead atoms. The summed E-state index contributed by atoms with van der Waals surface area (Å²) in [7, 11) is 1.85. The lowest BCUT2D eigenvalue weighted by atomic mass is 9.98. The molecule has 0 spiro atoms. The number of rotatable bonds is 5. The fourth-order valence-corrected chi connectivity index (χ4v) is 1.78. The summed E-state index contributed by atoms with van der Waals surface area (Å²) in [6.45, 7) is 6.06. The third kappa shape index (κ3) is 3.45. The number of Topliss-reactive ketones (excluding diaryl/α,β-unsaturated/α-hetero) is 1. The van der Waals surface area contributed by atoms with E-state index < -0.39 is 0 Å². The van der Waals surface area contributed by atoms with Crippen molar-refractivity contribution in [2.24, 2.45) is 18.7 Å². The van der Waals surface area contributed by atoms with Crippen LogP contribution in [-0.2, 0) is 18.3 Å². The van der Waals surface area contributed by atoms with E-state index in [2.05, 4.69) is 18.9 Å². The van der Waals surface area contributed by atoms with Gasteiger partial charge in [0, 0.05) is 19.2 Å². The molecule has 1 aromatic rings. The predicted molar refractivity (Wildman–Crippen MR) is 64.1 cm³/mol. The molecule has 1 aromatic heterocycles. The molecule has 0 aliphatic heterocycles. The quantitative estimate of drug-likeness (QED) is 0.816. The van der Waals surface area contributed by atoms with Crippen molar-refractivity contribution in [1.29, 1.82) is 0 Å². The standard InChI is InChI=1S/C12H21N3O/c1-8(2)5-11(13)12(16)7-10-6-9(3)14-15(10)4/h6,8,11H,5,7,13H2,1-4H3. The molecule has 1 rings (SSSR count). The van der Waals surface area contributed by atoms with Gasteiger partial charge in [-0.05, 0) is 25.3 Å². The van der Waals surface area contributed by atoms with E-state index in [0.717, 1.165) is 17.8 Å². The first-order valence-electron chi connectivity index (χ1n) is 5.68. The summed E-state index contributed by atoms with van der Waals surface area (Å²) in [6.07, 6.45) is 1.13. The van der Waals surface area contributed by atoms with Crippen LogP contribution in [0.1, 0.15) is 31.7 Å². The minimum absolute atomic E-state index is 0.0942. The SMILES string of the molecule is Cc1cc(CC(=O)C(N)CC(C)C)n(C)n1. The number of aromatic nitrogens is 2. The molecule has 4 nitrogen and oxygen atoms in total. The summed E-state index contributed by atoms with van der Waals surface area (Å²) in [4.78, 5) is 11.8. The number of nitrogens with two attached hydrogens (primary N) is 1. The van der Waals surface area contributed by atoms with Crippen LogP contribution in [0.5, 0.6) is 0 Å². The minimum Gasteiger partial charge on any atom is -0.321 e. The lowest BCUT2D eigenvalue weighted by Crippen LogP contribution is -2.33. The predicted octanol–water partition coefficient (Wildman–Crippen LogP) is 1.21. The zero-order valence-electron chi connectivity index (χ0n) is 10.5. The Hall–Kier alpha value is -1.16. The average Bonchev–Trinajstić information content (AvgIpc) is 2.43. The molecule has 0 aliphatic rings. The fourth-order valence-electron chi connectivity index (χ4n) is 1.78. The van der Waals surface area contributed by atoms with Gasteiger partial charge in [0.1, 0.15) is 0 Å². The number of nitrogens with zero attached hydrogens (tertiary/aromatic N) is 2. The van der Waals surface area contributed by atoms with E-state index in [0.29, 0.717) is 12.3 Å². The van der Waals surface area contributed by atoms with Crippen molar-refractivity contribution in [2.75, 3.05) is 0 Å². The Morgan fingerprint density at radius 1 is 1.56 bits per heavy atom. The van der Waals surface area contributed by atoms with E-state index in [1.807, 2.05) is 20.0 Å². The molecule has 0 fully saturated rings. The Kier molecular flexibility index (Phi) is 4.24. The summed E-state index contributed by atoms with van der Waals surface area (Å²) in [6, 6.07) is 1.58. The summed E-state index contributed by atoms with van der Waals surface area (Å²) >= 11 is 0. The Balaban J connectivity index is 2.60. The second kappa shape index (κ2) is 5.25. The molecule has 0 aliphatic carbocycles. The highest BCUT2D eigenvalue weighted by atomic mass is 16.1. The van der Waals surface area contributed by atoms with E-state index in [9.17, 15) is 4.79 Å². The maximum atomic E-state index is 11.8. The molecule has 0 aromatic carbocycles. The molecule has 0 saturated heterocycles. The lowest BCUT2D eigenvalue weighted by Gasteiger charge is -2.12. The normalized spacial score (nSPS) is 13.1. The Bertz CT molecular complexity index is 368. The zero-order valence-corrected chi connectivity index (χ0v) is 10.5. The summed E-state index contributed by atoms with van der Waals surface area (Å²) in [5.74, 6) is 0.545. The first kappa shape index (κ1) is 12.9. The van der Waals surface area contributed by atoms with Crippen LogP contribution in [0.15, 0.2) is 6.07 Å². The summed E-state index contributed by atoms with van der Waals surface area (Å²) < 4.78 is 1.75. The van der Waals surface area contributed by atoms with Crippen LogP contribution in [-0.4, -0.2) is 21.6 Å². The molecule has 1 atom stereocenters. The molecule has 4 heteroatoms. The number of hydrogen-bond donors (Lipinski definition) is 1. The first-order chi connectivity index (χ1) is 7.40. The van der Waals surface area contributed by atoms with E-state index >= 15 is 0 Å². The third-order valence-electron chi connectivity index (χ3n) is 2.59. The second-order valence-corrected chi connectivity index (χ2v) is 4.78. The monoisotopic (exact) mass is 223 g/mol. The number of carbonyl (C=O) groups excluding carboxylic acids is 1. The van der Waals surface area contributed by atoms with Gasteiger partial charge >= 0.3 is 0 Å². The van der Waals surface area contributed by atoms with Gasteiger partial charge in [0.2, 0.25) is 0 Å².